The molecule has 4 rings (SSSR count). The number of fused-ring (bicyclic) bond motifs is 1. The first kappa shape index (κ1) is 14.2. The minimum absolute atomic E-state index is 0.492. The zero-order valence-corrected chi connectivity index (χ0v) is 13.1. The van der Waals surface area contributed by atoms with Gasteiger partial charge in [0.2, 0.25) is 0 Å². The van der Waals surface area contributed by atoms with E-state index in [1.807, 2.05) is 12.4 Å². The Balaban J connectivity index is 1.77. The van der Waals surface area contributed by atoms with E-state index in [1.165, 1.54) is 40.4 Å². The standard InChI is InChI=1S/C20H21N3/c1-2-5-15(6-3-1)16-11-17-13-22-10-8-19(17)20(12-16)23-18-7-4-9-21-14-18/h1-3,5-6,8,10-13,18,21,23H,4,7,9,14H2/t18-/m0/s1. The fourth-order valence-corrected chi connectivity index (χ4v) is 3.32. The summed E-state index contributed by atoms with van der Waals surface area (Å²) in [6, 6.07) is 17.6. The van der Waals surface area contributed by atoms with Crippen LogP contribution in [0.4, 0.5) is 5.69 Å². The molecule has 0 aliphatic carbocycles. The zero-order valence-electron chi connectivity index (χ0n) is 13.1. The van der Waals surface area contributed by atoms with Gasteiger partial charge in [-0.15, -0.1) is 0 Å². The highest BCUT2D eigenvalue weighted by atomic mass is 15.0. The molecule has 0 saturated carbocycles. The van der Waals surface area contributed by atoms with Crippen molar-refractivity contribution in [3.05, 3.63) is 60.9 Å². The van der Waals surface area contributed by atoms with E-state index in [0.29, 0.717) is 6.04 Å². The average Bonchev–Trinajstić information content (AvgIpc) is 2.63. The average molecular weight is 303 g/mol. The second-order valence-electron chi connectivity index (χ2n) is 6.17. The van der Waals surface area contributed by atoms with Gasteiger partial charge in [0, 0.05) is 41.4 Å². The number of nitrogens with one attached hydrogen (secondary N) is 2. The van der Waals surface area contributed by atoms with Crippen molar-refractivity contribution in [1.82, 2.24) is 10.3 Å². The second kappa shape index (κ2) is 6.39. The van der Waals surface area contributed by atoms with Gasteiger partial charge >= 0.3 is 0 Å². The molecule has 1 saturated heterocycles. The van der Waals surface area contributed by atoms with Crippen LogP contribution in [-0.4, -0.2) is 24.1 Å². The Kier molecular flexibility index (Phi) is 3.95. The molecule has 0 bridgehead atoms. The maximum atomic E-state index is 4.30. The van der Waals surface area contributed by atoms with Crippen LogP contribution in [0.1, 0.15) is 12.8 Å². The third kappa shape index (κ3) is 3.06. The number of aromatic nitrogens is 1. The highest BCUT2D eigenvalue weighted by Crippen LogP contribution is 2.31. The number of pyridine rings is 1. The summed E-state index contributed by atoms with van der Waals surface area (Å²) in [5.74, 6) is 0. The second-order valence-corrected chi connectivity index (χ2v) is 6.17. The summed E-state index contributed by atoms with van der Waals surface area (Å²) in [7, 11) is 0. The molecule has 23 heavy (non-hydrogen) atoms. The van der Waals surface area contributed by atoms with Gasteiger partial charge in [-0.1, -0.05) is 30.3 Å². The molecule has 0 unspecified atom stereocenters. The Morgan fingerprint density at radius 1 is 1.04 bits per heavy atom. The number of hydrogen-bond acceptors (Lipinski definition) is 3. The first-order valence-electron chi connectivity index (χ1n) is 8.30. The third-order valence-corrected chi connectivity index (χ3v) is 4.52. The van der Waals surface area contributed by atoms with Crippen LogP contribution in [0, 0.1) is 0 Å². The van der Waals surface area contributed by atoms with Crippen LogP contribution in [-0.2, 0) is 0 Å². The van der Waals surface area contributed by atoms with E-state index in [9.17, 15) is 0 Å². The molecule has 3 heteroatoms. The van der Waals surface area contributed by atoms with E-state index < -0.39 is 0 Å². The molecule has 2 aromatic carbocycles. The summed E-state index contributed by atoms with van der Waals surface area (Å²) in [4.78, 5) is 4.30. The van der Waals surface area contributed by atoms with Crippen LogP contribution < -0.4 is 10.6 Å². The summed E-state index contributed by atoms with van der Waals surface area (Å²) < 4.78 is 0. The predicted octanol–water partition coefficient (Wildman–Crippen LogP) is 4.07. The van der Waals surface area contributed by atoms with Crippen molar-refractivity contribution in [2.45, 2.75) is 18.9 Å². The number of piperidine rings is 1. The molecular weight excluding hydrogens is 282 g/mol. The van der Waals surface area contributed by atoms with E-state index in [-0.39, 0.29) is 0 Å². The van der Waals surface area contributed by atoms with Gasteiger partial charge in [-0.25, -0.2) is 0 Å². The van der Waals surface area contributed by atoms with Crippen molar-refractivity contribution in [2.75, 3.05) is 18.4 Å². The van der Waals surface area contributed by atoms with Gasteiger partial charge < -0.3 is 10.6 Å². The summed E-state index contributed by atoms with van der Waals surface area (Å²) in [5, 5.41) is 9.64. The molecule has 1 aliphatic rings. The number of benzene rings is 2. The molecule has 1 fully saturated rings. The molecule has 1 aromatic heterocycles. The molecule has 0 amide bonds. The predicted molar refractivity (Wildman–Crippen MR) is 96.7 cm³/mol. The van der Waals surface area contributed by atoms with Crippen LogP contribution >= 0.6 is 0 Å². The van der Waals surface area contributed by atoms with Crippen LogP contribution in [0.2, 0.25) is 0 Å². The van der Waals surface area contributed by atoms with Crippen molar-refractivity contribution in [3.8, 4) is 11.1 Å². The molecule has 1 atom stereocenters. The van der Waals surface area contributed by atoms with Crippen molar-refractivity contribution < 1.29 is 0 Å². The molecule has 0 spiro atoms. The van der Waals surface area contributed by atoms with E-state index in [4.69, 9.17) is 0 Å². The minimum Gasteiger partial charge on any atom is -0.381 e. The van der Waals surface area contributed by atoms with Gasteiger partial charge in [-0.3, -0.25) is 4.98 Å². The Hall–Kier alpha value is -2.39. The lowest BCUT2D eigenvalue weighted by molar-refractivity contribution is 0.480. The highest BCUT2D eigenvalue weighted by molar-refractivity contribution is 5.97. The van der Waals surface area contributed by atoms with Crippen LogP contribution in [0.5, 0.6) is 0 Å². The first-order valence-corrected chi connectivity index (χ1v) is 8.30. The molecule has 0 radical (unpaired) electrons. The number of nitrogens with zero attached hydrogens (tertiary/aromatic N) is 1. The summed E-state index contributed by atoms with van der Waals surface area (Å²) in [6.07, 6.45) is 6.27. The number of anilines is 1. The van der Waals surface area contributed by atoms with E-state index in [2.05, 4.69) is 64.1 Å². The third-order valence-electron chi connectivity index (χ3n) is 4.52. The van der Waals surface area contributed by atoms with Crippen molar-refractivity contribution in [3.63, 3.8) is 0 Å². The lowest BCUT2D eigenvalue weighted by Gasteiger charge is -2.26. The maximum absolute atomic E-state index is 4.30. The van der Waals surface area contributed by atoms with Gasteiger partial charge in [0.25, 0.3) is 0 Å². The topological polar surface area (TPSA) is 37.0 Å². The number of rotatable bonds is 3. The molecule has 3 nitrogen and oxygen atoms in total. The lowest BCUT2D eigenvalue weighted by Crippen LogP contribution is -2.38. The van der Waals surface area contributed by atoms with E-state index >= 15 is 0 Å². The SMILES string of the molecule is c1ccc(-c2cc(N[C@H]3CCCNC3)c3ccncc3c2)cc1. The summed E-state index contributed by atoms with van der Waals surface area (Å²) in [5.41, 5.74) is 3.68. The van der Waals surface area contributed by atoms with Gasteiger partial charge in [-0.2, -0.15) is 0 Å². The summed E-state index contributed by atoms with van der Waals surface area (Å²) in [6.45, 7) is 2.16. The maximum Gasteiger partial charge on any atom is 0.0429 e. The Labute approximate surface area is 136 Å². The molecule has 2 N–H and O–H groups in total. The van der Waals surface area contributed by atoms with Crippen molar-refractivity contribution >= 4 is 16.5 Å². The Bertz CT molecular complexity index is 792. The van der Waals surface area contributed by atoms with Crippen LogP contribution in [0.3, 0.4) is 0 Å². The van der Waals surface area contributed by atoms with Gasteiger partial charge in [-0.05, 0) is 48.7 Å². The highest BCUT2D eigenvalue weighted by Gasteiger charge is 2.14. The zero-order chi connectivity index (χ0) is 15.5. The fraction of sp³-hybridized carbons (Fsp3) is 0.250. The van der Waals surface area contributed by atoms with E-state index in [0.717, 1.165) is 13.1 Å². The minimum atomic E-state index is 0.492. The quantitative estimate of drug-likeness (QED) is 0.766. The van der Waals surface area contributed by atoms with Gasteiger partial charge in [0.05, 0.1) is 0 Å². The Morgan fingerprint density at radius 3 is 2.78 bits per heavy atom. The molecule has 1 aliphatic heterocycles. The first-order chi connectivity index (χ1) is 11.4. The van der Waals surface area contributed by atoms with Gasteiger partial charge in [0.1, 0.15) is 0 Å². The van der Waals surface area contributed by atoms with Crippen molar-refractivity contribution in [2.24, 2.45) is 0 Å². The summed E-state index contributed by atoms with van der Waals surface area (Å²) >= 11 is 0. The smallest absolute Gasteiger partial charge is 0.0429 e. The molecule has 3 aromatic rings. The fourth-order valence-electron chi connectivity index (χ4n) is 3.32. The van der Waals surface area contributed by atoms with Crippen LogP contribution in [0.25, 0.3) is 21.9 Å². The Morgan fingerprint density at radius 2 is 1.96 bits per heavy atom. The van der Waals surface area contributed by atoms with Gasteiger partial charge in [0.15, 0.2) is 0 Å². The molecule has 2 heterocycles. The van der Waals surface area contributed by atoms with Crippen LogP contribution in [0.15, 0.2) is 60.9 Å². The lowest BCUT2D eigenvalue weighted by atomic mass is 9.99. The van der Waals surface area contributed by atoms with Crippen molar-refractivity contribution in [1.29, 1.82) is 0 Å². The van der Waals surface area contributed by atoms with E-state index in [1.54, 1.807) is 0 Å². The molecular formula is C20H21N3. The molecule has 116 valence electrons. The number of hydrogen-bond donors (Lipinski definition) is 2. The monoisotopic (exact) mass is 303 g/mol. The normalized spacial score (nSPS) is 18.0. The largest absolute Gasteiger partial charge is 0.381 e.